The van der Waals surface area contributed by atoms with Gasteiger partial charge < -0.3 is 10.6 Å². The third-order valence-electron chi connectivity index (χ3n) is 3.32. The van der Waals surface area contributed by atoms with Crippen LogP contribution in [0.4, 0.5) is 5.69 Å². The highest BCUT2D eigenvalue weighted by Crippen LogP contribution is 2.23. The van der Waals surface area contributed by atoms with E-state index in [1.807, 2.05) is 36.2 Å². The Hall–Kier alpha value is -0.910. The number of nitrogens with two attached hydrogens (primary N) is 1. The molecule has 4 nitrogen and oxygen atoms in total. The van der Waals surface area contributed by atoms with E-state index in [4.69, 9.17) is 5.73 Å². The lowest BCUT2D eigenvalue weighted by atomic mass is 10.1. The first-order chi connectivity index (χ1) is 8.63. The zero-order valence-electron chi connectivity index (χ0n) is 10.5. The predicted molar refractivity (Wildman–Crippen MR) is 76.6 cm³/mol. The second-order valence-electron chi connectivity index (χ2n) is 4.54. The number of nitrogens with zero attached hydrogens (tertiary/aromatic N) is 2. The molecule has 1 aromatic rings. The van der Waals surface area contributed by atoms with Gasteiger partial charge in [-0.3, -0.25) is 9.69 Å². The molecule has 1 amide bonds. The van der Waals surface area contributed by atoms with Crippen LogP contribution < -0.4 is 10.6 Å². The molecule has 2 rings (SSSR count). The van der Waals surface area contributed by atoms with Crippen LogP contribution in [0.5, 0.6) is 0 Å². The maximum Gasteiger partial charge on any atom is 0.244 e. The molecule has 0 bridgehead atoms. The summed E-state index contributed by atoms with van der Waals surface area (Å²) >= 11 is 3.44. The highest BCUT2D eigenvalue weighted by Gasteiger charge is 2.32. The van der Waals surface area contributed by atoms with Crippen LogP contribution in [0.1, 0.15) is 6.42 Å². The Labute approximate surface area is 116 Å². The van der Waals surface area contributed by atoms with Gasteiger partial charge in [-0.1, -0.05) is 22.0 Å². The molecule has 98 valence electrons. The van der Waals surface area contributed by atoms with Gasteiger partial charge in [0.25, 0.3) is 0 Å². The van der Waals surface area contributed by atoms with Gasteiger partial charge >= 0.3 is 0 Å². The van der Waals surface area contributed by atoms with E-state index in [0.29, 0.717) is 13.0 Å². The standard InChI is InChI=1S/C13H18BrN3O/c1-16-7-8-17(13(18)12(16)5-6-15)11-4-2-3-10(14)9-11/h2-4,9,12H,5-8,15H2,1H3. The SMILES string of the molecule is CN1CCN(c2cccc(Br)c2)C(=O)C1CCN. The van der Waals surface area contributed by atoms with E-state index < -0.39 is 0 Å². The van der Waals surface area contributed by atoms with Crippen molar-refractivity contribution in [1.29, 1.82) is 0 Å². The van der Waals surface area contributed by atoms with E-state index in [2.05, 4.69) is 20.8 Å². The third kappa shape index (κ3) is 2.74. The predicted octanol–water partition coefficient (Wildman–Crippen LogP) is 1.44. The first-order valence-electron chi connectivity index (χ1n) is 6.10. The number of carbonyl (C=O) groups is 1. The molecule has 1 aliphatic rings. The Morgan fingerprint density at radius 2 is 2.22 bits per heavy atom. The number of hydrogen-bond donors (Lipinski definition) is 1. The largest absolute Gasteiger partial charge is 0.330 e. The molecule has 1 fully saturated rings. The average molecular weight is 312 g/mol. The fourth-order valence-corrected chi connectivity index (χ4v) is 2.68. The number of hydrogen-bond acceptors (Lipinski definition) is 3. The third-order valence-corrected chi connectivity index (χ3v) is 3.81. The number of rotatable bonds is 3. The number of carbonyl (C=O) groups excluding carboxylic acids is 1. The lowest BCUT2D eigenvalue weighted by Crippen LogP contribution is -2.56. The second kappa shape index (κ2) is 5.82. The minimum atomic E-state index is -0.0947. The normalized spacial score (nSPS) is 21.4. The van der Waals surface area contributed by atoms with Crippen molar-refractivity contribution < 1.29 is 4.79 Å². The molecule has 0 saturated carbocycles. The van der Waals surface area contributed by atoms with Crippen LogP contribution in [0, 0.1) is 0 Å². The monoisotopic (exact) mass is 311 g/mol. The van der Waals surface area contributed by atoms with Gasteiger partial charge in [0.2, 0.25) is 5.91 Å². The van der Waals surface area contributed by atoms with Gasteiger partial charge in [-0.15, -0.1) is 0 Å². The lowest BCUT2D eigenvalue weighted by molar-refractivity contribution is -0.125. The van der Waals surface area contributed by atoms with Crippen molar-refractivity contribution in [3.05, 3.63) is 28.7 Å². The smallest absolute Gasteiger partial charge is 0.244 e. The van der Waals surface area contributed by atoms with Crippen LogP contribution in [0.15, 0.2) is 28.7 Å². The highest BCUT2D eigenvalue weighted by molar-refractivity contribution is 9.10. The second-order valence-corrected chi connectivity index (χ2v) is 5.46. The van der Waals surface area contributed by atoms with Crippen molar-refractivity contribution in [3.63, 3.8) is 0 Å². The van der Waals surface area contributed by atoms with Crippen molar-refractivity contribution in [3.8, 4) is 0 Å². The molecular weight excluding hydrogens is 294 g/mol. The molecule has 2 N–H and O–H groups in total. The number of anilines is 1. The summed E-state index contributed by atoms with van der Waals surface area (Å²) in [5.41, 5.74) is 6.54. The van der Waals surface area contributed by atoms with E-state index in [9.17, 15) is 4.79 Å². The first-order valence-corrected chi connectivity index (χ1v) is 6.90. The number of halogens is 1. The molecule has 0 radical (unpaired) electrons. The molecule has 0 aromatic heterocycles. The molecule has 1 aromatic carbocycles. The van der Waals surface area contributed by atoms with Gasteiger partial charge in [0, 0.05) is 23.2 Å². The topological polar surface area (TPSA) is 49.6 Å². The van der Waals surface area contributed by atoms with Crippen molar-refractivity contribution in [2.24, 2.45) is 5.73 Å². The Kier molecular flexibility index (Phi) is 4.37. The maximum absolute atomic E-state index is 12.5. The van der Waals surface area contributed by atoms with Gasteiger partial charge in [-0.25, -0.2) is 0 Å². The van der Waals surface area contributed by atoms with Gasteiger partial charge in [0.1, 0.15) is 0 Å². The number of likely N-dealkylation sites (N-methyl/N-ethyl adjacent to an activating group) is 1. The van der Waals surface area contributed by atoms with Crippen LogP contribution in [0.2, 0.25) is 0 Å². The highest BCUT2D eigenvalue weighted by atomic mass is 79.9. The molecule has 1 heterocycles. The maximum atomic E-state index is 12.5. The van der Waals surface area contributed by atoms with Crippen LogP contribution in [0.3, 0.4) is 0 Å². The molecule has 0 spiro atoms. The molecular formula is C13H18BrN3O. The van der Waals surface area contributed by atoms with Crippen molar-refractivity contribution >= 4 is 27.5 Å². The number of amides is 1. The zero-order valence-corrected chi connectivity index (χ0v) is 12.1. The summed E-state index contributed by atoms with van der Waals surface area (Å²) in [6.45, 7) is 2.14. The molecule has 18 heavy (non-hydrogen) atoms. The van der Waals surface area contributed by atoms with E-state index >= 15 is 0 Å². The summed E-state index contributed by atoms with van der Waals surface area (Å²) in [5.74, 6) is 0.146. The van der Waals surface area contributed by atoms with Gasteiger partial charge in [0.05, 0.1) is 6.04 Å². The zero-order chi connectivity index (χ0) is 13.1. The minimum absolute atomic E-state index is 0.0947. The summed E-state index contributed by atoms with van der Waals surface area (Å²) in [6.07, 6.45) is 0.708. The molecule has 0 aliphatic carbocycles. The van der Waals surface area contributed by atoms with Crippen molar-refractivity contribution in [2.75, 3.05) is 31.6 Å². The number of benzene rings is 1. The summed E-state index contributed by atoms with van der Waals surface area (Å²) in [4.78, 5) is 16.4. The van der Waals surface area contributed by atoms with Gasteiger partial charge in [0.15, 0.2) is 0 Å². The van der Waals surface area contributed by atoms with Crippen LogP contribution in [0.25, 0.3) is 0 Å². The van der Waals surface area contributed by atoms with Crippen molar-refractivity contribution in [1.82, 2.24) is 4.90 Å². The van der Waals surface area contributed by atoms with Gasteiger partial charge in [-0.2, -0.15) is 0 Å². The summed E-state index contributed by atoms with van der Waals surface area (Å²) in [6, 6.07) is 7.75. The van der Waals surface area contributed by atoms with E-state index in [0.717, 1.165) is 23.2 Å². The van der Waals surface area contributed by atoms with Crippen LogP contribution in [-0.2, 0) is 4.79 Å². The summed E-state index contributed by atoms with van der Waals surface area (Å²) in [5, 5.41) is 0. The molecule has 1 atom stereocenters. The molecule has 5 heteroatoms. The molecule has 1 saturated heterocycles. The Morgan fingerprint density at radius 1 is 1.44 bits per heavy atom. The van der Waals surface area contributed by atoms with Crippen molar-refractivity contribution in [2.45, 2.75) is 12.5 Å². The summed E-state index contributed by atoms with van der Waals surface area (Å²) < 4.78 is 0.988. The average Bonchev–Trinajstić information content (AvgIpc) is 2.34. The molecule has 1 aliphatic heterocycles. The first kappa shape index (κ1) is 13.5. The fourth-order valence-electron chi connectivity index (χ4n) is 2.29. The Balaban J connectivity index is 2.21. The van der Waals surface area contributed by atoms with Gasteiger partial charge in [-0.05, 0) is 38.2 Å². The minimum Gasteiger partial charge on any atom is -0.330 e. The number of piperazine rings is 1. The lowest BCUT2D eigenvalue weighted by Gasteiger charge is -2.38. The Morgan fingerprint density at radius 3 is 2.89 bits per heavy atom. The van der Waals surface area contributed by atoms with E-state index in [-0.39, 0.29) is 11.9 Å². The fraction of sp³-hybridized carbons (Fsp3) is 0.462. The quantitative estimate of drug-likeness (QED) is 0.919. The van der Waals surface area contributed by atoms with E-state index in [1.165, 1.54) is 0 Å². The van der Waals surface area contributed by atoms with E-state index in [1.54, 1.807) is 0 Å². The Bertz CT molecular complexity index is 438. The molecule has 1 unspecified atom stereocenters. The summed E-state index contributed by atoms with van der Waals surface area (Å²) in [7, 11) is 1.98. The van der Waals surface area contributed by atoms with Crippen LogP contribution in [-0.4, -0.2) is 43.5 Å². The van der Waals surface area contributed by atoms with Crippen LogP contribution >= 0.6 is 15.9 Å².